The highest BCUT2D eigenvalue weighted by molar-refractivity contribution is 14.1. The second-order valence-electron chi connectivity index (χ2n) is 5.09. The molecule has 1 aliphatic heterocycles. The monoisotopic (exact) mass is 368 g/mol. The van der Waals surface area contributed by atoms with Crippen molar-refractivity contribution in [2.45, 2.75) is 43.2 Å². The zero-order valence-electron chi connectivity index (χ0n) is 11.3. The fourth-order valence-corrected chi connectivity index (χ4v) is 3.00. The van der Waals surface area contributed by atoms with E-state index in [0.29, 0.717) is 0 Å². The molecule has 0 aromatic rings. The van der Waals surface area contributed by atoms with Gasteiger partial charge in [0.15, 0.2) is 0 Å². The Hall–Kier alpha value is -0.530. The molecular formula is C12H21IN2O3. The number of halogens is 1. The third-order valence-corrected chi connectivity index (χ3v) is 4.36. The van der Waals surface area contributed by atoms with Gasteiger partial charge in [-0.3, -0.25) is 4.79 Å². The summed E-state index contributed by atoms with van der Waals surface area (Å²) in [5, 5.41) is 2.62. The van der Waals surface area contributed by atoms with Crippen LogP contribution in [0.25, 0.3) is 0 Å². The Morgan fingerprint density at radius 3 is 2.44 bits per heavy atom. The van der Waals surface area contributed by atoms with Crippen molar-refractivity contribution in [2.75, 3.05) is 13.7 Å². The topological polar surface area (TPSA) is 58.6 Å². The SMILES string of the molecule is COC(=O)N[C@H](C(=O)N1CCC[C@@]1(C)I)C(C)C. The van der Waals surface area contributed by atoms with Gasteiger partial charge in [-0.2, -0.15) is 0 Å². The Labute approximate surface area is 122 Å². The summed E-state index contributed by atoms with van der Waals surface area (Å²) in [6, 6.07) is -0.523. The standard InChI is InChI=1S/C12H21IN2O3/c1-8(2)9(14-11(17)18-4)10(16)15-7-5-6-12(15,3)13/h8-9H,5-7H2,1-4H3,(H,14,17)/t9-,12-/m0/s1. The number of carbonyl (C=O) groups is 2. The van der Waals surface area contributed by atoms with Gasteiger partial charge in [0.1, 0.15) is 6.04 Å². The molecule has 1 fully saturated rings. The van der Waals surface area contributed by atoms with E-state index in [9.17, 15) is 9.59 Å². The van der Waals surface area contributed by atoms with Crippen molar-refractivity contribution in [3.8, 4) is 0 Å². The number of alkyl carbamates (subject to hydrolysis) is 1. The lowest BCUT2D eigenvalue weighted by atomic mass is 10.0. The number of nitrogens with zero attached hydrogens (tertiary/aromatic N) is 1. The van der Waals surface area contributed by atoms with Crippen molar-refractivity contribution in [1.29, 1.82) is 0 Å². The number of ether oxygens (including phenoxy) is 1. The summed E-state index contributed by atoms with van der Waals surface area (Å²) in [5.74, 6) is 0.00852. The maximum Gasteiger partial charge on any atom is 0.407 e. The first kappa shape index (κ1) is 15.5. The molecule has 1 heterocycles. The predicted octanol–water partition coefficient (Wildman–Crippen LogP) is 2.14. The molecule has 104 valence electrons. The minimum Gasteiger partial charge on any atom is -0.453 e. The lowest BCUT2D eigenvalue weighted by molar-refractivity contribution is -0.135. The second kappa shape index (κ2) is 6.08. The normalized spacial score (nSPS) is 25.1. The molecular weight excluding hydrogens is 347 g/mol. The summed E-state index contributed by atoms with van der Waals surface area (Å²) in [6.07, 6.45) is 1.44. The van der Waals surface area contributed by atoms with Crippen molar-refractivity contribution in [2.24, 2.45) is 5.92 Å². The molecule has 0 unspecified atom stereocenters. The first-order valence-electron chi connectivity index (χ1n) is 6.14. The molecule has 1 aliphatic rings. The molecule has 6 heteroatoms. The van der Waals surface area contributed by atoms with E-state index in [4.69, 9.17) is 0 Å². The molecule has 0 radical (unpaired) electrons. The van der Waals surface area contributed by atoms with Crippen LogP contribution in [0.3, 0.4) is 0 Å². The molecule has 0 spiro atoms. The van der Waals surface area contributed by atoms with E-state index < -0.39 is 12.1 Å². The smallest absolute Gasteiger partial charge is 0.407 e. The third kappa shape index (κ3) is 3.49. The molecule has 0 aliphatic carbocycles. The average Bonchev–Trinajstić information content (AvgIpc) is 2.64. The van der Waals surface area contributed by atoms with Gasteiger partial charge in [-0.25, -0.2) is 4.79 Å². The Kier molecular flexibility index (Phi) is 5.24. The van der Waals surface area contributed by atoms with Crippen LogP contribution in [0, 0.1) is 5.92 Å². The highest BCUT2D eigenvalue weighted by Crippen LogP contribution is 2.35. The van der Waals surface area contributed by atoms with Gasteiger partial charge in [0, 0.05) is 6.54 Å². The Morgan fingerprint density at radius 2 is 2.06 bits per heavy atom. The number of likely N-dealkylation sites (tertiary alicyclic amines) is 1. The Balaban J connectivity index is 2.80. The Bertz CT molecular complexity index is 331. The highest BCUT2D eigenvalue weighted by Gasteiger charge is 2.41. The van der Waals surface area contributed by atoms with E-state index in [1.165, 1.54) is 7.11 Å². The highest BCUT2D eigenvalue weighted by atomic mass is 127. The molecule has 5 nitrogen and oxygen atoms in total. The summed E-state index contributed by atoms with van der Waals surface area (Å²) in [5.41, 5.74) is 0. The van der Waals surface area contributed by atoms with E-state index in [2.05, 4.69) is 32.6 Å². The van der Waals surface area contributed by atoms with Gasteiger partial charge in [0.25, 0.3) is 0 Å². The maximum absolute atomic E-state index is 12.5. The van der Waals surface area contributed by atoms with Crippen LogP contribution in [0.4, 0.5) is 4.79 Å². The van der Waals surface area contributed by atoms with Crippen molar-refractivity contribution in [3.05, 3.63) is 0 Å². The summed E-state index contributed by atoms with van der Waals surface area (Å²) >= 11 is 2.30. The van der Waals surface area contributed by atoms with E-state index in [0.717, 1.165) is 19.4 Å². The first-order chi connectivity index (χ1) is 8.29. The molecule has 1 N–H and O–H groups in total. The van der Waals surface area contributed by atoms with Gasteiger partial charge < -0.3 is 15.0 Å². The van der Waals surface area contributed by atoms with Crippen LogP contribution in [-0.4, -0.2) is 40.1 Å². The van der Waals surface area contributed by atoms with Crippen LogP contribution in [0.2, 0.25) is 0 Å². The number of carbonyl (C=O) groups excluding carboxylic acids is 2. The summed E-state index contributed by atoms with van der Waals surface area (Å²) in [4.78, 5) is 25.7. The fourth-order valence-electron chi connectivity index (χ4n) is 2.14. The molecule has 0 aromatic carbocycles. The number of nitrogens with one attached hydrogen (secondary N) is 1. The van der Waals surface area contributed by atoms with Crippen molar-refractivity contribution in [3.63, 3.8) is 0 Å². The number of hydrogen-bond donors (Lipinski definition) is 1. The molecule has 0 saturated carbocycles. The van der Waals surface area contributed by atoms with E-state index >= 15 is 0 Å². The van der Waals surface area contributed by atoms with Gasteiger partial charge in [0.05, 0.1) is 10.7 Å². The molecule has 2 amide bonds. The van der Waals surface area contributed by atoms with Crippen LogP contribution < -0.4 is 5.32 Å². The fraction of sp³-hybridized carbons (Fsp3) is 0.833. The number of amides is 2. The first-order valence-corrected chi connectivity index (χ1v) is 7.22. The number of methoxy groups -OCH3 is 1. The van der Waals surface area contributed by atoms with Gasteiger partial charge in [-0.15, -0.1) is 0 Å². The Morgan fingerprint density at radius 1 is 1.44 bits per heavy atom. The quantitative estimate of drug-likeness (QED) is 0.472. The van der Waals surface area contributed by atoms with Gasteiger partial charge in [-0.1, -0.05) is 36.4 Å². The largest absolute Gasteiger partial charge is 0.453 e. The molecule has 1 saturated heterocycles. The van der Waals surface area contributed by atoms with Gasteiger partial charge in [0.2, 0.25) is 5.91 Å². The van der Waals surface area contributed by atoms with Gasteiger partial charge >= 0.3 is 6.09 Å². The van der Waals surface area contributed by atoms with Crippen LogP contribution in [-0.2, 0) is 9.53 Å². The zero-order valence-corrected chi connectivity index (χ0v) is 13.5. The number of alkyl halides is 1. The minimum absolute atomic E-state index is 0.0233. The lowest BCUT2D eigenvalue weighted by Crippen LogP contribution is -2.54. The lowest BCUT2D eigenvalue weighted by Gasteiger charge is -2.34. The molecule has 18 heavy (non-hydrogen) atoms. The van der Waals surface area contributed by atoms with Crippen LogP contribution in [0.5, 0.6) is 0 Å². The van der Waals surface area contributed by atoms with Crippen molar-refractivity contribution in [1.82, 2.24) is 10.2 Å². The predicted molar refractivity (Wildman–Crippen MR) is 77.5 cm³/mol. The van der Waals surface area contributed by atoms with Crippen LogP contribution in [0.1, 0.15) is 33.6 Å². The molecule has 0 bridgehead atoms. The maximum atomic E-state index is 12.5. The zero-order chi connectivity index (χ0) is 13.9. The third-order valence-electron chi connectivity index (χ3n) is 3.24. The summed E-state index contributed by atoms with van der Waals surface area (Å²) in [6.45, 7) is 6.64. The second-order valence-corrected chi connectivity index (χ2v) is 7.42. The van der Waals surface area contributed by atoms with E-state index in [-0.39, 0.29) is 15.4 Å². The van der Waals surface area contributed by atoms with Crippen molar-refractivity contribution >= 4 is 34.6 Å². The van der Waals surface area contributed by atoms with Crippen molar-refractivity contribution < 1.29 is 14.3 Å². The van der Waals surface area contributed by atoms with Gasteiger partial charge in [-0.05, 0) is 25.7 Å². The number of hydrogen-bond acceptors (Lipinski definition) is 3. The minimum atomic E-state index is -0.559. The van der Waals surface area contributed by atoms with Crippen LogP contribution >= 0.6 is 22.6 Å². The molecule has 0 aromatic heterocycles. The summed E-state index contributed by atoms with van der Waals surface area (Å²) in [7, 11) is 1.30. The van der Waals surface area contributed by atoms with E-state index in [1.807, 2.05) is 25.7 Å². The number of rotatable bonds is 3. The summed E-state index contributed by atoms with van der Waals surface area (Å²) < 4.78 is 4.42. The van der Waals surface area contributed by atoms with Crippen LogP contribution in [0.15, 0.2) is 0 Å². The molecule has 2 atom stereocenters. The van der Waals surface area contributed by atoms with E-state index in [1.54, 1.807) is 0 Å². The molecule has 1 rings (SSSR count). The average molecular weight is 368 g/mol.